The molecule has 4 heteroatoms. The molecule has 0 saturated heterocycles. The minimum Gasteiger partial charge on any atom is -0.493 e. The molecule has 0 aliphatic carbocycles. The van der Waals surface area contributed by atoms with Crippen molar-refractivity contribution in [1.82, 2.24) is 0 Å². The molecule has 1 aromatic rings. The smallest absolute Gasteiger partial charge is 0.166 e. The SMILES string of the molecule is COc1c(F)ccc(Cl)c1C(C)=O. The van der Waals surface area contributed by atoms with Crippen molar-refractivity contribution in [2.24, 2.45) is 0 Å². The zero-order valence-electron chi connectivity index (χ0n) is 7.23. The molecule has 0 amide bonds. The maximum absolute atomic E-state index is 13.1. The van der Waals surface area contributed by atoms with Crippen molar-refractivity contribution in [2.45, 2.75) is 6.92 Å². The number of carbonyl (C=O) groups excluding carboxylic acids is 1. The van der Waals surface area contributed by atoms with Crippen molar-refractivity contribution in [3.8, 4) is 5.75 Å². The number of halogens is 2. The molecule has 0 saturated carbocycles. The van der Waals surface area contributed by atoms with Crippen LogP contribution in [0.2, 0.25) is 5.02 Å². The van der Waals surface area contributed by atoms with Crippen LogP contribution in [0.25, 0.3) is 0 Å². The van der Waals surface area contributed by atoms with E-state index in [-0.39, 0.29) is 22.1 Å². The number of rotatable bonds is 2. The fourth-order valence-electron chi connectivity index (χ4n) is 1.06. The highest BCUT2D eigenvalue weighted by Gasteiger charge is 2.16. The molecule has 13 heavy (non-hydrogen) atoms. The molecular formula is C9H8ClFO2. The van der Waals surface area contributed by atoms with Crippen LogP contribution in [0.4, 0.5) is 4.39 Å². The summed E-state index contributed by atoms with van der Waals surface area (Å²) in [4.78, 5) is 11.1. The first-order chi connectivity index (χ1) is 6.07. The highest BCUT2D eigenvalue weighted by molar-refractivity contribution is 6.34. The number of methoxy groups -OCH3 is 1. The molecule has 0 aromatic heterocycles. The minimum atomic E-state index is -0.586. The van der Waals surface area contributed by atoms with Crippen molar-refractivity contribution < 1.29 is 13.9 Å². The molecule has 0 unspecified atom stereocenters. The summed E-state index contributed by atoms with van der Waals surface area (Å²) >= 11 is 5.71. The molecule has 0 spiro atoms. The number of ketones is 1. The lowest BCUT2D eigenvalue weighted by atomic mass is 10.1. The maximum atomic E-state index is 13.1. The standard InChI is InChI=1S/C9H8ClFO2/c1-5(12)8-6(10)3-4-7(11)9(8)13-2/h3-4H,1-2H3. The Morgan fingerprint density at radius 3 is 2.54 bits per heavy atom. The van der Waals surface area contributed by atoms with Crippen molar-refractivity contribution in [1.29, 1.82) is 0 Å². The van der Waals surface area contributed by atoms with Gasteiger partial charge in [-0.15, -0.1) is 0 Å². The monoisotopic (exact) mass is 202 g/mol. The van der Waals surface area contributed by atoms with Crippen molar-refractivity contribution in [2.75, 3.05) is 7.11 Å². The Balaban J connectivity index is 3.43. The van der Waals surface area contributed by atoms with Crippen LogP contribution in [0.1, 0.15) is 17.3 Å². The van der Waals surface area contributed by atoms with Crippen molar-refractivity contribution in [3.05, 3.63) is 28.5 Å². The van der Waals surface area contributed by atoms with E-state index in [0.29, 0.717) is 0 Å². The van der Waals surface area contributed by atoms with Crippen LogP contribution in [0, 0.1) is 5.82 Å². The fourth-order valence-corrected chi connectivity index (χ4v) is 1.34. The zero-order valence-corrected chi connectivity index (χ0v) is 7.98. The molecular weight excluding hydrogens is 195 g/mol. The molecule has 0 aliphatic heterocycles. The maximum Gasteiger partial charge on any atom is 0.166 e. The van der Waals surface area contributed by atoms with Gasteiger partial charge in [0, 0.05) is 0 Å². The third-order valence-electron chi connectivity index (χ3n) is 1.61. The molecule has 1 aromatic carbocycles. The van der Waals surface area contributed by atoms with Gasteiger partial charge in [0.15, 0.2) is 17.3 Å². The van der Waals surface area contributed by atoms with Crippen molar-refractivity contribution in [3.63, 3.8) is 0 Å². The van der Waals surface area contributed by atoms with Crippen LogP contribution in [0.3, 0.4) is 0 Å². The Hall–Kier alpha value is -1.09. The molecule has 2 nitrogen and oxygen atoms in total. The van der Waals surface area contributed by atoms with Crippen LogP contribution < -0.4 is 4.74 Å². The molecule has 1 rings (SSSR count). The summed E-state index contributed by atoms with van der Waals surface area (Å²) in [6, 6.07) is 2.49. The first kappa shape index (κ1) is 9.99. The summed E-state index contributed by atoms with van der Waals surface area (Å²) in [5.41, 5.74) is 0.0872. The molecule has 70 valence electrons. The second-order valence-corrected chi connectivity index (χ2v) is 2.90. The summed E-state index contributed by atoms with van der Waals surface area (Å²) in [5.74, 6) is -1.00. The predicted octanol–water partition coefficient (Wildman–Crippen LogP) is 2.69. The van der Waals surface area contributed by atoms with E-state index < -0.39 is 5.82 Å². The van der Waals surface area contributed by atoms with Gasteiger partial charge in [0.25, 0.3) is 0 Å². The van der Waals surface area contributed by atoms with Gasteiger partial charge in [-0.3, -0.25) is 4.79 Å². The summed E-state index contributed by atoms with van der Waals surface area (Å²) in [6.07, 6.45) is 0. The van der Waals surface area contributed by atoms with E-state index in [1.165, 1.54) is 20.1 Å². The lowest BCUT2D eigenvalue weighted by Gasteiger charge is -2.07. The van der Waals surface area contributed by atoms with E-state index >= 15 is 0 Å². The lowest BCUT2D eigenvalue weighted by molar-refractivity contribution is 0.101. The summed E-state index contributed by atoms with van der Waals surface area (Å²) in [6.45, 7) is 1.31. The minimum absolute atomic E-state index is 0.0872. The molecule has 0 fully saturated rings. The molecule has 0 atom stereocenters. The van der Waals surface area contributed by atoms with Crippen LogP contribution in [-0.4, -0.2) is 12.9 Å². The Bertz CT molecular complexity index is 350. The third-order valence-corrected chi connectivity index (χ3v) is 1.93. The van der Waals surface area contributed by atoms with Gasteiger partial charge in [0.05, 0.1) is 17.7 Å². The average Bonchev–Trinajstić information content (AvgIpc) is 2.07. The Kier molecular flexibility index (Phi) is 2.88. The normalized spacial score (nSPS) is 9.85. The summed E-state index contributed by atoms with van der Waals surface area (Å²) in [5, 5.41) is 0.200. The Labute approximate surface area is 80.3 Å². The van der Waals surface area contributed by atoms with E-state index in [4.69, 9.17) is 16.3 Å². The van der Waals surface area contributed by atoms with E-state index in [2.05, 4.69) is 0 Å². The molecule has 0 bridgehead atoms. The van der Waals surface area contributed by atoms with E-state index in [0.717, 1.165) is 6.07 Å². The quantitative estimate of drug-likeness (QED) is 0.690. The van der Waals surface area contributed by atoms with Crippen LogP contribution in [0.5, 0.6) is 5.75 Å². The first-order valence-electron chi connectivity index (χ1n) is 3.61. The Morgan fingerprint density at radius 1 is 1.54 bits per heavy atom. The third kappa shape index (κ3) is 1.80. The first-order valence-corrected chi connectivity index (χ1v) is 3.98. The van der Waals surface area contributed by atoms with E-state index in [1.807, 2.05) is 0 Å². The summed E-state index contributed by atoms with van der Waals surface area (Å²) < 4.78 is 17.8. The largest absolute Gasteiger partial charge is 0.493 e. The number of hydrogen-bond donors (Lipinski definition) is 0. The van der Waals surface area contributed by atoms with Crippen LogP contribution in [-0.2, 0) is 0 Å². The lowest BCUT2D eigenvalue weighted by Crippen LogP contribution is -2.00. The number of carbonyl (C=O) groups is 1. The van der Waals surface area contributed by atoms with Gasteiger partial charge < -0.3 is 4.74 Å². The fraction of sp³-hybridized carbons (Fsp3) is 0.222. The van der Waals surface area contributed by atoms with Gasteiger partial charge in [-0.25, -0.2) is 4.39 Å². The highest BCUT2D eigenvalue weighted by atomic mass is 35.5. The van der Waals surface area contributed by atoms with E-state index in [1.54, 1.807) is 0 Å². The number of ether oxygens (including phenoxy) is 1. The van der Waals surface area contributed by atoms with Gasteiger partial charge in [0.1, 0.15) is 0 Å². The second kappa shape index (κ2) is 3.75. The number of hydrogen-bond acceptors (Lipinski definition) is 2. The second-order valence-electron chi connectivity index (χ2n) is 2.49. The van der Waals surface area contributed by atoms with Gasteiger partial charge >= 0.3 is 0 Å². The number of Topliss-reactive ketones (excluding diaryl/α,β-unsaturated/α-hetero) is 1. The Morgan fingerprint density at radius 2 is 2.15 bits per heavy atom. The van der Waals surface area contributed by atoms with Crippen molar-refractivity contribution >= 4 is 17.4 Å². The van der Waals surface area contributed by atoms with Gasteiger partial charge in [-0.1, -0.05) is 11.6 Å². The van der Waals surface area contributed by atoms with Crippen LogP contribution >= 0.6 is 11.6 Å². The van der Waals surface area contributed by atoms with Gasteiger partial charge in [-0.2, -0.15) is 0 Å². The molecule has 0 heterocycles. The molecule has 0 N–H and O–H groups in total. The van der Waals surface area contributed by atoms with E-state index in [9.17, 15) is 9.18 Å². The van der Waals surface area contributed by atoms with Gasteiger partial charge in [0.2, 0.25) is 0 Å². The van der Waals surface area contributed by atoms with Crippen LogP contribution in [0.15, 0.2) is 12.1 Å². The predicted molar refractivity (Wildman–Crippen MR) is 48.0 cm³/mol. The average molecular weight is 203 g/mol. The molecule has 0 aliphatic rings. The molecule has 0 radical (unpaired) electrons. The highest BCUT2D eigenvalue weighted by Crippen LogP contribution is 2.29. The number of benzene rings is 1. The topological polar surface area (TPSA) is 26.3 Å². The zero-order chi connectivity index (χ0) is 10.0. The van der Waals surface area contributed by atoms with Gasteiger partial charge in [-0.05, 0) is 19.1 Å². The summed E-state index contributed by atoms with van der Waals surface area (Å²) in [7, 11) is 1.29.